The standard InChI is InChI=1S/C28H21N3O2S2/c1-19-13-15-22(16-14-19)35(32,33)26(17-29)27-28(31-25-12-5-4-11-24(25)30-27)34-18-21-9-6-8-20-7-2-3-10-23(20)21/h2-16,26H,18H2,1H3. The van der Waals surface area contributed by atoms with Crippen LogP contribution in [0.4, 0.5) is 0 Å². The Balaban J connectivity index is 1.60. The highest BCUT2D eigenvalue weighted by atomic mass is 32.2. The molecular weight excluding hydrogens is 474 g/mol. The highest BCUT2D eigenvalue weighted by Gasteiger charge is 2.33. The summed E-state index contributed by atoms with van der Waals surface area (Å²) in [5.74, 6) is 0.560. The van der Waals surface area contributed by atoms with Gasteiger partial charge in [-0.05, 0) is 47.5 Å². The number of hydrogen-bond acceptors (Lipinski definition) is 6. The second-order valence-corrected chi connectivity index (χ2v) is 11.2. The zero-order valence-corrected chi connectivity index (χ0v) is 20.6. The molecule has 5 aromatic rings. The molecule has 1 unspecified atom stereocenters. The van der Waals surface area contributed by atoms with Gasteiger partial charge in [-0.1, -0.05) is 84.1 Å². The Kier molecular flexibility index (Phi) is 6.25. The summed E-state index contributed by atoms with van der Waals surface area (Å²) in [6.45, 7) is 1.88. The minimum atomic E-state index is -4.01. The van der Waals surface area contributed by atoms with Crippen LogP contribution in [0, 0.1) is 18.3 Å². The smallest absolute Gasteiger partial charge is 0.200 e. The Bertz CT molecular complexity index is 1690. The normalized spacial score (nSPS) is 12.5. The highest BCUT2D eigenvalue weighted by Crippen LogP contribution is 2.36. The molecule has 0 amide bonds. The van der Waals surface area contributed by atoms with Gasteiger partial charge in [-0.15, -0.1) is 0 Å². The van der Waals surface area contributed by atoms with E-state index in [0.717, 1.165) is 21.9 Å². The molecule has 4 aromatic carbocycles. The van der Waals surface area contributed by atoms with Crippen molar-refractivity contribution >= 4 is 43.4 Å². The molecule has 0 spiro atoms. The molecule has 0 aliphatic carbocycles. The number of nitrogens with zero attached hydrogens (tertiary/aromatic N) is 3. The molecule has 172 valence electrons. The molecule has 1 atom stereocenters. The van der Waals surface area contributed by atoms with Crippen molar-refractivity contribution in [3.05, 3.63) is 108 Å². The minimum Gasteiger partial charge on any atom is -0.246 e. The van der Waals surface area contributed by atoms with Crippen LogP contribution in [0.2, 0.25) is 0 Å². The molecule has 0 N–H and O–H groups in total. The van der Waals surface area contributed by atoms with Crippen molar-refractivity contribution in [2.24, 2.45) is 0 Å². The van der Waals surface area contributed by atoms with Crippen LogP contribution in [-0.2, 0) is 15.6 Å². The topological polar surface area (TPSA) is 83.7 Å². The van der Waals surface area contributed by atoms with Crippen LogP contribution >= 0.6 is 11.8 Å². The maximum atomic E-state index is 13.5. The Labute approximate surface area is 208 Å². The number of aryl methyl sites for hydroxylation is 1. The van der Waals surface area contributed by atoms with Crippen LogP contribution in [0.5, 0.6) is 0 Å². The van der Waals surface area contributed by atoms with Crippen molar-refractivity contribution in [2.75, 3.05) is 0 Å². The molecule has 0 bridgehead atoms. The molecule has 1 aromatic heterocycles. The van der Waals surface area contributed by atoms with Gasteiger partial charge in [0.2, 0.25) is 0 Å². The van der Waals surface area contributed by atoms with E-state index in [1.807, 2.05) is 55.5 Å². The lowest BCUT2D eigenvalue weighted by Gasteiger charge is -2.15. The minimum absolute atomic E-state index is 0.0922. The molecule has 0 fully saturated rings. The number of nitriles is 1. The highest BCUT2D eigenvalue weighted by molar-refractivity contribution is 7.98. The van der Waals surface area contributed by atoms with Crippen molar-refractivity contribution < 1.29 is 8.42 Å². The van der Waals surface area contributed by atoms with Gasteiger partial charge in [0.15, 0.2) is 15.1 Å². The first-order chi connectivity index (χ1) is 17.0. The Hall–Kier alpha value is -3.73. The number of para-hydroxylation sites is 2. The number of thioether (sulfide) groups is 1. The van der Waals surface area contributed by atoms with Crippen molar-refractivity contribution in [3.8, 4) is 6.07 Å². The van der Waals surface area contributed by atoms with E-state index in [9.17, 15) is 13.7 Å². The number of aromatic nitrogens is 2. The average molecular weight is 496 g/mol. The molecule has 0 saturated carbocycles. The number of sulfone groups is 1. The van der Waals surface area contributed by atoms with E-state index in [2.05, 4.69) is 23.2 Å². The van der Waals surface area contributed by atoms with Crippen molar-refractivity contribution in [2.45, 2.75) is 27.8 Å². The first-order valence-electron chi connectivity index (χ1n) is 11.0. The van der Waals surface area contributed by atoms with Gasteiger partial charge >= 0.3 is 0 Å². The molecule has 0 saturated heterocycles. The number of benzene rings is 4. The van der Waals surface area contributed by atoms with Crippen LogP contribution < -0.4 is 0 Å². The molecule has 1 heterocycles. The summed E-state index contributed by atoms with van der Waals surface area (Å²) < 4.78 is 27.0. The van der Waals surface area contributed by atoms with Gasteiger partial charge in [0.05, 0.1) is 22.0 Å². The second kappa shape index (κ2) is 9.49. The first-order valence-corrected chi connectivity index (χ1v) is 13.6. The number of fused-ring (bicyclic) bond motifs is 2. The predicted molar refractivity (Wildman–Crippen MR) is 140 cm³/mol. The summed E-state index contributed by atoms with van der Waals surface area (Å²) in [5.41, 5.74) is 3.41. The van der Waals surface area contributed by atoms with E-state index in [1.165, 1.54) is 23.9 Å². The quantitative estimate of drug-likeness (QED) is 0.253. The number of rotatable bonds is 6. The fraction of sp³-hybridized carbons (Fsp3) is 0.107. The van der Waals surface area contributed by atoms with Gasteiger partial charge in [0, 0.05) is 5.75 Å². The fourth-order valence-electron chi connectivity index (χ4n) is 3.98. The third-order valence-electron chi connectivity index (χ3n) is 5.83. The summed E-state index contributed by atoms with van der Waals surface area (Å²) in [6.07, 6.45) is 0. The largest absolute Gasteiger partial charge is 0.246 e. The van der Waals surface area contributed by atoms with E-state index in [-0.39, 0.29) is 10.6 Å². The molecule has 0 radical (unpaired) electrons. The number of hydrogen-bond donors (Lipinski definition) is 0. The van der Waals surface area contributed by atoms with E-state index in [1.54, 1.807) is 18.2 Å². The first kappa shape index (κ1) is 23.0. The van der Waals surface area contributed by atoms with Crippen LogP contribution in [0.1, 0.15) is 22.1 Å². The maximum absolute atomic E-state index is 13.5. The molecule has 5 nitrogen and oxygen atoms in total. The lowest BCUT2D eigenvalue weighted by molar-refractivity contribution is 0.589. The summed E-state index contributed by atoms with van der Waals surface area (Å²) >= 11 is 1.40. The summed E-state index contributed by atoms with van der Waals surface area (Å²) in [4.78, 5) is 9.48. The van der Waals surface area contributed by atoms with Gasteiger partial charge in [-0.25, -0.2) is 18.4 Å². The zero-order chi connectivity index (χ0) is 24.4. The Morgan fingerprint density at radius 2 is 1.51 bits per heavy atom. The average Bonchev–Trinajstić information content (AvgIpc) is 2.88. The zero-order valence-electron chi connectivity index (χ0n) is 18.9. The SMILES string of the molecule is Cc1ccc(S(=O)(=O)C(C#N)c2nc3ccccc3nc2SCc2cccc3ccccc23)cc1. The van der Waals surface area contributed by atoms with E-state index in [4.69, 9.17) is 4.98 Å². The Morgan fingerprint density at radius 1 is 0.857 bits per heavy atom. The van der Waals surface area contributed by atoms with Gasteiger partial charge in [0.1, 0.15) is 10.7 Å². The van der Waals surface area contributed by atoms with E-state index < -0.39 is 15.1 Å². The van der Waals surface area contributed by atoms with Gasteiger partial charge in [0.25, 0.3) is 0 Å². The predicted octanol–water partition coefficient (Wildman–Crippen LogP) is 6.42. The van der Waals surface area contributed by atoms with Crippen molar-refractivity contribution in [1.82, 2.24) is 9.97 Å². The van der Waals surface area contributed by atoms with Gasteiger partial charge in [-0.3, -0.25) is 0 Å². The molecule has 0 aliphatic heterocycles. The van der Waals surface area contributed by atoms with Crippen LogP contribution in [0.25, 0.3) is 21.8 Å². The van der Waals surface area contributed by atoms with Gasteiger partial charge < -0.3 is 0 Å². The molecule has 0 aliphatic rings. The maximum Gasteiger partial charge on any atom is 0.200 e. The third-order valence-corrected chi connectivity index (χ3v) is 8.74. The van der Waals surface area contributed by atoms with E-state index in [0.29, 0.717) is 21.8 Å². The lowest BCUT2D eigenvalue weighted by Crippen LogP contribution is -2.15. The molecule has 5 rings (SSSR count). The Morgan fingerprint density at radius 3 is 2.26 bits per heavy atom. The van der Waals surface area contributed by atoms with Gasteiger partial charge in [-0.2, -0.15) is 5.26 Å². The van der Waals surface area contributed by atoms with Crippen LogP contribution in [-0.4, -0.2) is 18.4 Å². The summed E-state index contributed by atoms with van der Waals surface area (Å²) in [5, 5.41) is 11.3. The fourth-order valence-corrected chi connectivity index (χ4v) is 6.46. The molecular formula is C28H21N3O2S2. The van der Waals surface area contributed by atoms with Crippen molar-refractivity contribution in [1.29, 1.82) is 5.26 Å². The van der Waals surface area contributed by atoms with Crippen molar-refractivity contribution in [3.63, 3.8) is 0 Å². The molecule has 7 heteroatoms. The van der Waals surface area contributed by atoms with Crippen LogP contribution in [0.15, 0.2) is 101 Å². The second-order valence-electron chi connectivity index (χ2n) is 8.20. The monoisotopic (exact) mass is 495 g/mol. The van der Waals surface area contributed by atoms with Crippen LogP contribution in [0.3, 0.4) is 0 Å². The summed E-state index contributed by atoms with van der Waals surface area (Å²) in [7, 11) is -4.01. The third kappa shape index (κ3) is 4.51. The lowest BCUT2D eigenvalue weighted by atomic mass is 10.1. The molecule has 35 heavy (non-hydrogen) atoms. The van der Waals surface area contributed by atoms with E-state index >= 15 is 0 Å². The summed E-state index contributed by atoms with van der Waals surface area (Å²) in [6, 6.07) is 30.1.